The maximum Gasteiger partial charge on any atom is 0.0470 e. The fraction of sp³-hybridized carbons (Fsp3) is 0.444. The first-order valence-electron chi connectivity index (χ1n) is 7.73. The molecule has 106 valence electrons. The molecule has 20 heavy (non-hydrogen) atoms. The molecule has 1 heterocycles. The lowest BCUT2D eigenvalue weighted by molar-refractivity contribution is 0.473. The highest BCUT2D eigenvalue weighted by atomic mass is 15.0. The minimum atomic E-state index is 0.558. The van der Waals surface area contributed by atoms with E-state index in [1.54, 1.807) is 0 Å². The first-order valence-corrected chi connectivity index (χ1v) is 7.73. The lowest BCUT2D eigenvalue weighted by Gasteiger charge is -2.22. The normalized spacial score (nSPS) is 18.0. The van der Waals surface area contributed by atoms with Crippen LogP contribution in [0.3, 0.4) is 0 Å². The van der Waals surface area contributed by atoms with Crippen LogP contribution in [0, 0.1) is 6.92 Å². The molecule has 0 amide bonds. The van der Waals surface area contributed by atoms with E-state index in [9.17, 15) is 0 Å². The Labute approximate surface area is 121 Å². The minimum absolute atomic E-state index is 0.558. The number of hydrogen-bond acceptors (Lipinski definition) is 1. The molecule has 0 saturated carbocycles. The Kier molecular flexibility index (Phi) is 3.93. The number of nitrogens with zero attached hydrogens (tertiary/aromatic N) is 1. The maximum absolute atomic E-state index is 3.61. The second-order valence-corrected chi connectivity index (χ2v) is 5.90. The van der Waals surface area contributed by atoms with Gasteiger partial charge in [-0.25, -0.2) is 0 Å². The second kappa shape index (κ2) is 5.84. The average Bonchev–Trinajstić information content (AvgIpc) is 2.82. The molecule has 1 atom stereocenters. The molecule has 1 aromatic heterocycles. The van der Waals surface area contributed by atoms with Crippen LogP contribution in [0.1, 0.15) is 48.1 Å². The van der Waals surface area contributed by atoms with Gasteiger partial charge in [-0.1, -0.05) is 36.8 Å². The number of aromatic nitrogens is 1. The number of hydrogen-bond donors (Lipinski definition) is 1. The monoisotopic (exact) mass is 268 g/mol. The Morgan fingerprint density at radius 3 is 3.00 bits per heavy atom. The highest BCUT2D eigenvalue weighted by molar-refractivity contribution is 5.31. The van der Waals surface area contributed by atoms with Crippen molar-refractivity contribution in [3.05, 3.63) is 58.9 Å². The van der Waals surface area contributed by atoms with Gasteiger partial charge in [0, 0.05) is 25.0 Å². The number of fused-ring (bicyclic) bond motifs is 1. The minimum Gasteiger partial charge on any atom is -0.349 e. The largest absolute Gasteiger partial charge is 0.349 e. The third-order valence-electron chi connectivity index (χ3n) is 4.21. The Hall–Kier alpha value is -1.54. The van der Waals surface area contributed by atoms with Gasteiger partial charge in [0.05, 0.1) is 0 Å². The van der Waals surface area contributed by atoms with Crippen molar-refractivity contribution < 1.29 is 0 Å². The lowest BCUT2D eigenvalue weighted by atomic mass is 9.91. The van der Waals surface area contributed by atoms with Crippen molar-refractivity contribution in [2.24, 2.45) is 0 Å². The van der Waals surface area contributed by atoms with Gasteiger partial charge >= 0.3 is 0 Å². The van der Waals surface area contributed by atoms with Gasteiger partial charge in [-0.3, -0.25) is 0 Å². The molecule has 2 nitrogen and oxygen atoms in total. The molecular weight excluding hydrogens is 244 g/mol. The number of rotatable bonds is 4. The van der Waals surface area contributed by atoms with E-state index in [1.807, 2.05) is 0 Å². The number of benzene rings is 1. The SMILES string of the molecule is CCNC1CCCc2cn(Cc3cccc(C)c3)cc21. The molecule has 2 heteroatoms. The van der Waals surface area contributed by atoms with E-state index in [2.05, 4.69) is 60.4 Å². The van der Waals surface area contributed by atoms with Crippen molar-refractivity contribution in [1.29, 1.82) is 0 Å². The topological polar surface area (TPSA) is 17.0 Å². The molecule has 0 aliphatic heterocycles. The zero-order valence-electron chi connectivity index (χ0n) is 12.5. The zero-order chi connectivity index (χ0) is 13.9. The summed E-state index contributed by atoms with van der Waals surface area (Å²) in [5, 5.41) is 3.61. The molecule has 1 aromatic carbocycles. The summed E-state index contributed by atoms with van der Waals surface area (Å²) in [7, 11) is 0. The van der Waals surface area contributed by atoms with Crippen LogP contribution in [-0.4, -0.2) is 11.1 Å². The highest BCUT2D eigenvalue weighted by Gasteiger charge is 2.21. The van der Waals surface area contributed by atoms with E-state index in [4.69, 9.17) is 0 Å². The Morgan fingerprint density at radius 2 is 2.20 bits per heavy atom. The van der Waals surface area contributed by atoms with Gasteiger partial charge in [0.2, 0.25) is 0 Å². The summed E-state index contributed by atoms with van der Waals surface area (Å²) in [6, 6.07) is 9.36. The quantitative estimate of drug-likeness (QED) is 0.891. The van der Waals surface area contributed by atoms with Crippen molar-refractivity contribution in [2.45, 2.75) is 45.7 Å². The third-order valence-corrected chi connectivity index (χ3v) is 4.21. The second-order valence-electron chi connectivity index (χ2n) is 5.90. The maximum atomic E-state index is 3.61. The summed E-state index contributed by atoms with van der Waals surface area (Å²) in [5.41, 5.74) is 5.78. The van der Waals surface area contributed by atoms with Crippen molar-refractivity contribution in [3.8, 4) is 0 Å². The summed E-state index contributed by atoms with van der Waals surface area (Å²) in [5.74, 6) is 0. The van der Waals surface area contributed by atoms with Crippen LogP contribution in [0.5, 0.6) is 0 Å². The molecule has 1 unspecified atom stereocenters. The van der Waals surface area contributed by atoms with Gasteiger partial charge in [0.1, 0.15) is 0 Å². The lowest BCUT2D eigenvalue weighted by Crippen LogP contribution is -2.23. The molecule has 0 saturated heterocycles. The molecule has 1 aliphatic carbocycles. The summed E-state index contributed by atoms with van der Waals surface area (Å²) in [4.78, 5) is 0. The van der Waals surface area contributed by atoms with Crippen LogP contribution < -0.4 is 5.32 Å². The predicted octanol–water partition coefficient (Wildman–Crippen LogP) is 3.83. The van der Waals surface area contributed by atoms with E-state index in [-0.39, 0.29) is 0 Å². The predicted molar refractivity (Wildman–Crippen MR) is 84.1 cm³/mol. The summed E-state index contributed by atoms with van der Waals surface area (Å²) < 4.78 is 2.36. The number of nitrogens with one attached hydrogen (secondary N) is 1. The third kappa shape index (κ3) is 2.80. The van der Waals surface area contributed by atoms with Crippen molar-refractivity contribution in [2.75, 3.05) is 6.54 Å². The van der Waals surface area contributed by atoms with Crippen molar-refractivity contribution >= 4 is 0 Å². The fourth-order valence-corrected chi connectivity index (χ4v) is 3.32. The van der Waals surface area contributed by atoms with Gasteiger partial charge in [-0.15, -0.1) is 0 Å². The van der Waals surface area contributed by atoms with Gasteiger partial charge in [-0.05, 0) is 49.4 Å². The van der Waals surface area contributed by atoms with E-state index in [0.29, 0.717) is 6.04 Å². The zero-order valence-corrected chi connectivity index (χ0v) is 12.5. The Morgan fingerprint density at radius 1 is 1.30 bits per heavy atom. The smallest absolute Gasteiger partial charge is 0.0470 e. The summed E-state index contributed by atoms with van der Waals surface area (Å²) in [6.45, 7) is 6.38. The van der Waals surface area contributed by atoms with Crippen LogP contribution >= 0.6 is 0 Å². The van der Waals surface area contributed by atoms with Crippen molar-refractivity contribution in [3.63, 3.8) is 0 Å². The van der Waals surface area contributed by atoms with Gasteiger partial charge in [-0.2, -0.15) is 0 Å². The van der Waals surface area contributed by atoms with Crippen LogP contribution in [-0.2, 0) is 13.0 Å². The van der Waals surface area contributed by atoms with E-state index >= 15 is 0 Å². The first kappa shape index (κ1) is 13.4. The Bertz CT molecular complexity index is 583. The highest BCUT2D eigenvalue weighted by Crippen LogP contribution is 2.30. The Balaban J connectivity index is 1.82. The molecule has 3 rings (SSSR count). The first-order chi connectivity index (χ1) is 9.76. The van der Waals surface area contributed by atoms with Gasteiger partial charge in [0.15, 0.2) is 0 Å². The fourth-order valence-electron chi connectivity index (χ4n) is 3.32. The molecular formula is C18H24N2. The molecule has 0 bridgehead atoms. The molecule has 0 fully saturated rings. The molecule has 2 aromatic rings. The number of aryl methyl sites for hydroxylation is 2. The molecule has 1 aliphatic rings. The summed E-state index contributed by atoms with van der Waals surface area (Å²) in [6.07, 6.45) is 8.51. The van der Waals surface area contributed by atoms with E-state index in [1.165, 1.54) is 41.5 Å². The standard InChI is InChI=1S/C18H24N2/c1-3-19-18-9-5-8-16-12-20(13-17(16)18)11-15-7-4-6-14(2)10-15/h4,6-7,10,12-13,18-19H,3,5,8-9,11H2,1-2H3. The molecule has 0 spiro atoms. The molecule has 0 radical (unpaired) electrons. The van der Waals surface area contributed by atoms with Crippen LogP contribution in [0.15, 0.2) is 36.7 Å². The van der Waals surface area contributed by atoms with Gasteiger partial charge < -0.3 is 9.88 Å². The average molecular weight is 268 g/mol. The van der Waals surface area contributed by atoms with Crippen LogP contribution in [0.4, 0.5) is 0 Å². The summed E-state index contributed by atoms with van der Waals surface area (Å²) >= 11 is 0. The van der Waals surface area contributed by atoms with E-state index in [0.717, 1.165) is 13.1 Å². The van der Waals surface area contributed by atoms with Crippen LogP contribution in [0.25, 0.3) is 0 Å². The van der Waals surface area contributed by atoms with Gasteiger partial charge in [0.25, 0.3) is 0 Å². The van der Waals surface area contributed by atoms with Crippen molar-refractivity contribution in [1.82, 2.24) is 9.88 Å². The van der Waals surface area contributed by atoms with Crippen LogP contribution in [0.2, 0.25) is 0 Å². The van der Waals surface area contributed by atoms with E-state index < -0.39 is 0 Å². The molecule has 1 N–H and O–H groups in total.